The number of H-pyrrole nitrogens is 1. The summed E-state index contributed by atoms with van der Waals surface area (Å²) < 4.78 is 18.6. The van der Waals surface area contributed by atoms with Crippen molar-refractivity contribution in [2.24, 2.45) is 0 Å². The van der Waals surface area contributed by atoms with Crippen molar-refractivity contribution in [1.29, 1.82) is 0 Å². The molecule has 37 heavy (non-hydrogen) atoms. The average molecular weight is 505 g/mol. The number of nitrogens with zero attached hydrogens (tertiary/aromatic N) is 5. The third-order valence-corrected chi connectivity index (χ3v) is 6.55. The molecule has 5 rings (SSSR count). The fourth-order valence-corrected chi connectivity index (χ4v) is 4.67. The molecular weight excluding hydrogens is 472 g/mol. The number of rotatable bonds is 11. The van der Waals surface area contributed by atoms with Gasteiger partial charge in [-0.25, -0.2) is 4.68 Å². The molecule has 0 amide bonds. The van der Waals surface area contributed by atoms with Gasteiger partial charge in [-0.05, 0) is 72.2 Å². The molecule has 1 aliphatic rings. The number of fused-ring (bicyclic) bond motifs is 1. The molecule has 0 unspecified atom stereocenters. The van der Waals surface area contributed by atoms with E-state index in [-0.39, 0.29) is 11.7 Å². The number of hydrogen-bond donors (Lipinski definition) is 1. The average Bonchev–Trinajstić information content (AvgIpc) is 3.57. The molecule has 2 aromatic heterocycles. The Morgan fingerprint density at radius 3 is 2.73 bits per heavy atom. The Labute approximate surface area is 215 Å². The van der Waals surface area contributed by atoms with Gasteiger partial charge in [-0.15, -0.1) is 5.10 Å². The lowest BCUT2D eigenvalue weighted by Gasteiger charge is -2.24. The first kappa shape index (κ1) is 24.9. The molecule has 1 atom stereocenters. The van der Waals surface area contributed by atoms with E-state index >= 15 is 0 Å². The van der Waals surface area contributed by atoms with Crippen LogP contribution >= 0.6 is 0 Å². The van der Waals surface area contributed by atoms with Gasteiger partial charge in [0, 0.05) is 36.2 Å². The van der Waals surface area contributed by atoms with Crippen LogP contribution in [0.4, 0.5) is 0 Å². The molecule has 1 aliphatic heterocycles. The van der Waals surface area contributed by atoms with E-state index in [1.807, 2.05) is 55.5 Å². The Morgan fingerprint density at radius 1 is 1.14 bits per heavy atom. The Hall–Kier alpha value is -3.76. The number of benzene rings is 2. The highest BCUT2D eigenvalue weighted by Crippen LogP contribution is 2.21. The van der Waals surface area contributed by atoms with Crippen molar-refractivity contribution in [2.45, 2.75) is 45.5 Å². The molecule has 1 fully saturated rings. The zero-order chi connectivity index (χ0) is 25.6. The largest absolute Gasteiger partial charge is 0.497 e. The molecule has 10 heteroatoms. The maximum absolute atomic E-state index is 13.0. The first-order valence-electron chi connectivity index (χ1n) is 12.6. The van der Waals surface area contributed by atoms with Crippen molar-refractivity contribution in [1.82, 2.24) is 30.1 Å². The van der Waals surface area contributed by atoms with Crippen molar-refractivity contribution in [3.8, 4) is 11.5 Å². The van der Waals surface area contributed by atoms with Crippen molar-refractivity contribution in [2.75, 3.05) is 26.9 Å². The number of aromatic amines is 1. The Kier molecular flexibility index (Phi) is 7.76. The fraction of sp³-hybridized carbons (Fsp3) is 0.407. The van der Waals surface area contributed by atoms with E-state index in [4.69, 9.17) is 14.2 Å². The summed E-state index contributed by atoms with van der Waals surface area (Å²) in [5.74, 6) is 2.31. The number of hydrogen-bond acceptors (Lipinski definition) is 8. The number of tetrazole rings is 1. The number of methoxy groups -OCH3 is 1. The molecular formula is C27H32N6O4. The maximum Gasteiger partial charge on any atom is 0.252 e. The topological polar surface area (TPSA) is 107 Å². The molecule has 10 nitrogen and oxygen atoms in total. The summed E-state index contributed by atoms with van der Waals surface area (Å²) in [5, 5.41) is 13.4. The Bertz CT molecular complexity index is 1380. The van der Waals surface area contributed by atoms with Crippen LogP contribution in [0.25, 0.3) is 10.9 Å². The molecule has 0 bridgehead atoms. The highest BCUT2D eigenvalue weighted by molar-refractivity contribution is 5.80. The minimum Gasteiger partial charge on any atom is -0.497 e. The summed E-state index contributed by atoms with van der Waals surface area (Å²) in [7, 11) is 1.65. The normalized spacial score (nSPS) is 15.5. The van der Waals surface area contributed by atoms with Gasteiger partial charge >= 0.3 is 0 Å². The van der Waals surface area contributed by atoms with Crippen LogP contribution in [-0.4, -0.2) is 63.1 Å². The van der Waals surface area contributed by atoms with Gasteiger partial charge in [0.25, 0.3) is 5.56 Å². The first-order chi connectivity index (χ1) is 18.1. The Morgan fingerprint density at radius 2 is 1.97 bits per heavy atom. The van der Waals surface area contributed by atoms with Gasteiger partial charge in [0.15, 0.2) is 5.82 Å². The van der Waals surface area contributed by atoms with Crippen LogP contribution in [0.3, 0.4) is 0 Å². The highest BCUT2D eigenvalue weighted by Gasteiger charge is 2.22. The zero-order valence-electron chi connectivity index (χ0n) is 21.2. The minimum atomic E-state index is -0.105. The third-order valence-electron chi connectivity index (χ3n) is 6.55. The number of pyridine rings is 1. The van der Waals surface area contributed by atoms with Gasteiger partial charge < -0.3 is 19.2 Å². The quantitative estimate of drug-likeness (QED) is 0.332. The fourth-order valence-electron chi connectivity index (χ4n) is 4.67. The molecule has 0 spiro atoms. The monoisotopic (exact) mass is 504 g/mol. The molecule has 0 radical (unpaired) electrons. The molecule has 3 heterocycles. The first-order valence-corrected chi connectivity index (χ1v) is 12.6. The summed E-state index contributed by atoms with van der Waals surface area (Å²) >= 11 is 0. The van der Waals surface area contributed by atoms with E-state index in [9.17, 15) is 4.79 Å². The lowest BCUT2D eigenvalue weighted by molar-refractivity contribution is 0.0663. The second-order valence-electron chi connectivity index (χ2n) is 9.21. The second-order valence-corrected chi connectivity index (χ2v) is 9.21. The molecule has 0 aliphatic carbocycles. The minimum absolute atomic E-state index is 0.105. The van der Waals surface area contributed by atoms with Crippen LogP contribution in [0.2, 0.25) is 0 Å². The van der Waals surface area contributed by atoms with Crippen molar-refractivity contribution in [3.63, 3.8) is 0 Å². The van der Waals surface area contributed by atoms with Crippen LogP contribution in [0, 0.1) is 0 Å². The summed E-state index contributed by atoms with van der Waals surface area (Å²) in [6.45, 7) is 5.46. The molecule has 1 N–H and O–H groups in total. The lowest BCUT2D eigenvalue weighted by atomic mass is 10.1. The summed E-state index contributed by atoms with van der Waals surface area (Å²) in [5.41, 5.74) is 2.42. The van der Waals surface area contributed by atoms with Gasteiger partial charge in [0.1, 0.15) is 11.5 Å². The van der Waals surface area contributed by atoms with E-state index in [0.717, 1.165) is 53.2 Å². The molecule has 0 saturated carbocycles. The van der Waals surface area contributed by atoms with Crippen LogP contribution in [-0.2, 0) is 24.4 Å². The van der Waals surface area contributed by atoms with Crippen LogP contribution in [0.15, 0.2) is 53.3 Å². The van der Waals surface area contributed by atoms with Crippen LogP contribution in [0.1, 0.15) is 36.7 Å². The molecule has 2 aromatic carbocycles. The van der Waals surface area contributed by atoms with Crippen molar-refractivity contribution < 1.29 is 14.2 Å². The van der Waals surface area contributed by atoms with E-state index < -0.39 is 0 Å². The summed E-state index contributed by atoms with van der Waals surface area (Å²) in [6, 6.07) is 15.5. The lowest BCUT2D eigenvalue weighted by Crippen LogP contribution is -2.34. The summed E-state index contributed by atoms with van der Waals surface area (Å²) in [4.78, 5) is 18.2. The maximum atomic E-state index is 13.0. The number of aromatic nitrogens is 5. The zero-order valence-corrected chi connectivity index (χ0v) is 21.2. The van der Waals surface area contributed by atoms with Crippen LogP contribution < -0.4 is 15.0 Å². The van der Waals surface area contributed by atoms with Gasteiger partial charge in [0.05, 0.1) is 32.9 Å². The molecule has 194 valence electrons. The number of ether oxygens (including phenoxy) is 3. The van der Waals surface area contributed by atoms with Crippen molar-refractivity contribution in [3.05, 3.63) is 75.8 Å². The van der Waals surface area contributed by atoms with Crippen LogP contribution in [0.5, 0.6) is 11.5 Å². The smallest absolute Gasteiger partial charge is 0.252 e. The summed E-state index contributed by atoms with van der Waals surface area (Å²) in [6.07, 6.45) is 2.17. The predicted molar refractivity (Wildman–Crippen MR) is 139 cm³/mol. The Balaban J connectivity index is 1.38. The van der Waals surface area contributed by atoms with Crippen molar-refractivity contribution >= 4 is 10.9 Å². The van der Waals surface area contributed by atoms with E-state index in [1.165, 1.54) is 0 Å². The number of nitrogens with one attached hydrogen (secondary N) is 1. The van der Waals surface area contributed by atoms with Gasteiger partial charge in [0.2, 0.25) is 0 Å². The second kappa shape index (κ2) is 11.5. The van der Waals surface area contributed by atoms with E-state index in [2.05, 4.69) is 25.4 Å². The van der Waals surface area contributed by atoms with Gasteiger partial charge in [-0.2, -0.15) is 0 Å². The van der Waals surface area contributed by atoms with E-state index in [0.29, 0.717) is 38.3 Å². The van der Waals surface area contributed by atoms with Gasteiger partial charge in [-0.3, -0.25) is 9.69 Å². The predicted octanol–water partition coefficient (Wildman–Crippen LogP) is 3.15. The SMILES string of the molecule is CCOc1ccc2[nH]c(=O)c(CN(Cc3nnnn3Cc3ccc(OC)cc3)C[C@H]3CCCO3)cc2c1. The standard InChI is InChI=1S/C27H32N6O4/c1-3-36-23-10-11-25-20(14-23)13-21(27(34)28-25)16-32(17-24-5-4-12-37-24)18-26-29-30-31-33(26)15-19-6-8-22(35-2)9-7-19/h6-11,13-14,24H,3-5,12,15-18H2,1-2H3,(H,28,34)/t24-/m1/s1. The van der Waals surface area contributed by atoms with E-state index in [1.54, 1.807) is 11.8 Å². The third kappa shape index (κ3) is 6.15. The molecule has 1 saturated heterocycles. The van der Waals surface area contributed by atoms with Gasteiger partial charge in [-0.1, -0.05) is 12.1 Å². The highest BCUT2D eigenvalue weighted by atomic mass is 16.5. The molecule has 4 aromatic rings.